The van der Waals surface area contributed by atoms with Crippen LogP contribution in [0.5, 0.6) is 0 Å². The number of nitrogens with zero attached hydrogens (tertiary/aromatic N) is 3. The van der Waals surface area contributed by atoms with Crippen molar-refractivity contribution in [2.45, 2.75) is 13.8 Å². The molecule has 1 aromatic heterocycles. The number of rotatable bonds is 5. The zero-order chi connectivity index (χ0) is 12.1. The maximum atomic E-state index is 10.7. The molecule has 16 heavy (non-hydrogen) atoms. The second kappa shape index (κ2) is 5.26. The maximum absolute atomic E-state index is 10.7. The molecule has 0 spiro atoms. The van der Waals surface area contributed by atoms with Crippen LogP contribution in [0.3, 0.4) is 0 Å². The van der Waals surface area contributed by atoms with Gasteiger partial charge in [0, 0.05) is 13.1 Å². The van der Waals surface area contributed by atoms with E-state index in [1.807, 2.05) is 18.7 Å². The van der Waals surface area contributed by atoms with Crippen molar-refractivity contribution in [2.24, 2.45) is 5.84 Å². The van der Waals surface area contributed by atoms with E-state index in [0.717, 1.165) is 13.1 Å². The lowest BCUT2D eigenvalue weighted by molar-refractivity contribution is -0.384. The third-order valence-electron chi connectivity index (χ3n) is 2.24. The molecule has 0 radical (unpaired) electrons. The molecule has 3 N–H and O–H groups in total. The number of hydrogen-bond acceptors (Lipinski definition) is 6. The van der Waals surface area contributed by atoms with Crippen molar-refractivity contribution in [1.29, 1.82) is 0 Å². The van der Waals surface area contributed by atoms with E-state index < -0.39 is 4.92 Å². The first-order valence-electron chi connectivity index (χ1n) is 5.00. The minimum Gasteiger partial charge on any atom is -0.357 e. The van der Waals surface area contributed by atoms with E-state index in [9.17, 15) is 10.1 Å². The molecule has 0 saturated heterocycles. The lowest BCUT2D eigenvalue weighted by atomic mass is 10.3. The molecule has 0 bridgehead atoms. The van der Waals surface area contributed by atoms with E-state index in [2.05, 4.69) is 10.4 Å². The van der Waals surface area contributed by atoms with Gasteiger partial charge in [0.2, 0.25) is 0 Å². The van der Waals surface area contributed by atoms with Gasteiger partial charge in [0.25, 0.3) is 5.69 Å². The molecule has 88 valence electrons. The fourth-order valence-corrected chi connectivity index (χ4v) is 1.39. The fourth-order valence-electron chi connectivity index (χ4n) is 1.39. The summed E-state index contributed by atoms with van der Waals surface area (Å²) in [6, 6.07) is 2.74. The molecule has 0 aromatic carbocycles. The molecule has 7 heteroatoms. The number of hydrazine groups is 1. The highest BCUT2D eigenvalue weighted by Crippen LogP contribution is 2.22. The predicted octanol–water partition coefficient (Wildman–Crippen LogP) is 1.12. The lowest BCUT2D eigenvalue weighted by Crippen LogP contribution is -2.23. The van der Waals surface area contributed by atoms with E-state index in [4.69, 9.17) is 5.84 Å². The summed E-state index contributed by atoms with van der Waals surface area (Å²) in [4.78, 5) is 16.3. The Bertz CT molecular complexity index is 378. The summed E-state index contributed by atoms with van der Waals surface area (Å²) in [5.74, 6) is 6.05. The van der Waals surface area contributed by atoms with Crippen LogP contribution in [-0.2, 0) is 0 Å². The van der Waals surface area contributed by atoms with Crippen LogP contribution in [0.2, 0.25) is 0 Å². The van der Waals surface area contributed by atoms with Crippen molar-refractivity contribution in [3.63, 3.8) is 0 Å². The highest BCUT2D eigenvalue weighted by Gasteiger charge is 2.13. The number of pyridine rings is 1. The quantitative estimate of drug-likeness (QED) is 0.442. The predicted molar refractivity (Wildman–Crippen MR) is 62.3 cm³/mol. The maximum Gasteiger partial charge on any atom is 0.276 e. The number of nitrogens with one attached hydrogen (secondary N) is 1. The Hall–Kier alpha value is -1.89. The topological polar surface area (TPSA) is 97.3 Å². The average Bonchev–Trinajstić information content (AvgIpc) is 2.30. The largest absolute Gasteiger partial charge is 0.357 e. The first-order chi connectivity index (χ1) is 7.62. The molecular weight excluding hydrogens is 210 g/mol. The molecule has 7 nitrogen and oxygen atoms in total. The van der Waals surface area contributed by atoms with Crippen LogP contribution in [0.4, 0.5) is 17.3 Å². The first kappa shape index (κ1) is 12.2. The second-order valence-corrected chi connectivity index (χ2v) is 3.14. The Labute approximate surface area is 93.4 Å². The zero-order valence-corrected chi connectivity index (χ0v) is 9.30. The van der Waals surface area contributed by atoms with E-state index >= 15 is 0 Å². The molecule has 0 aliphatic carbocycles. The fraction of sp³-hybridized carbons (Fsp3) is 0.444. The number of aromatic nitrogens is 1. The zero-order valence-electron chi connectivity index (χ0n) is 9.30. The molecule has 1 aromatic rings. The number of nitro groups is 1. The van der Waals surface area contributed by atoms with Gasteiger partial charge in [0.15, 0.2) is 0 Å². The van der Waals surface area contributed by atoms with Crippen LogP contribution in [0.25, 0.3) is 0 Å². The molecule has 0 atom stereocenters. The van der Waals surface area contributed by atoms with Gasteiger partial charge in [-0.25, -0.2) is 10.8 Å². The van der Waals surface area contributed by atoms with Gasteiger partial charge in [-0.1, -0.05) is 0 Å². The van der Waals surface area contributed by atoms with Crippen LogP contribution < -0.4 is 16.2 Å². The smallest absolute Gasteiger partial charge is 0.276 e. The van der Waals surface area contributed by atoms with Crippen LogP contribution in [-0.4, -0.2) is 23.0 Å². The normalized spacial score (nSPS) is 9.94. The molecule has 0 aliphatic rings. The van der Waals surface area contributed by atoms with Gasteiger partial charge in [0.05, 0.1) is 17.1 Å². The lowest BCUT2D eigenvalue weighted by Gasteiger charge is -2.19. The van der Waals surface area contributed by atoms with Crippen LogP contribution in [0.15, 0.2) is 12.1 Å². The third kappa shape index (κ3) is 2.57. The summed E-state index contributed by atoms with van der Waals surface area (Å²) < 4.78 is 0. The van der Waals surface area contributed by atoms with Crippen molar-refractivity contribution < 1.29 is 4.92 Å². The second-order valence-electron chi connectivity index (χ2n) is 3.14. The minimum atomic E-state index is -0.463. The Morgan fingerprint density at radius 1 is 1.50 bits per heavy atom. The molecular formula is C9H15N5O2. The first-order valence-corrected chi connectivity index (χ1v) is 5.00. The summed E-state index contributed by atoms with van der Waals surface area (Å²) in [6.07, 6.45) is 0. The van der Waals surface area contributed by atoms with E-state index in [1.54, 1.807) is 0 Å². The Morgan fingerprint density at radius 2 is 2.12 bits per heavy atom. The van der Waals surface area contributed by atoms with E-state index in [0.29, 0.717) is 5.82 Å². The summed E-state index contributed by atoms with van der Waals surface area (Å²) in [7, 11) is 0. The summed E-state index contributed by atoms with van der Waals surface area (Å²) in [5, 5.41) is 10.7. The van der Waals surface area contributed by atoms with Gasteiger partial charge in [-0.2, -0.15) is 0 Å². The Morgan fingerprint density at radius 3 is 2.56 bits per heavy atom. The van der Waals surface area contributed by atoms with Crippen LogP contribution >= 0.6 is 0 Å². The van der Waals surface area contributed by atoms with Gasteiger partial charge in [-0.3, -0.25) is 10.1 Å². The van der Waals surface area contributed by atoms with Gasteiger partial charge >= 0.3 is 0 Å². The van der Waals surface area contributed by atoms with Crippen LogP contribution in [0.1, 0.15) is 13.8 Å². The minimum absolute atomic E-state index is 0.0233. The summed E-state index contributed by atoms with van der Waals surface area (Å²) >= 11 is 0. The van der Waals surface area contributed by atoms with Crippen molar-refractivity contribution in [3.05, 3.63) is 22.2 Å². The number of anilines is 2. The molecule has 1 rings (SSSR count). The number of nitrogens with two attached hydrogens (primary N) is 1. The highest BCUT2D eigenvalue weighted by atomic mass is 16.6. The monoisotopic (exact) mass is 225 g/mol. The number of nitrogen functional groups attached to an aromatic ring is 1. The molecule has 0 unspecified atom stereocenters. The van der Waals surface area contributed by atoms with Crippen molar-refractivity contribution in [3.8, 4) is 0 Å². The van der Waals surface area contributed by atoms with Gasteiger partial charge < -0.3 is 10.3 Å². The molecule has 1 heterocycles. The molecule has 0 fully saturated rings. The van der Waals surface area contributed by atoms with Gasteiger partial charge in [-0.15, -0.1) is 0 Å². The van der Waals surface area contributed by atoms with Crippen LogP contribution in [0, 0.1) is 10.1 Å². The Balaban J connectivity index is 3.17. The highest BCUT2D eigenvalue weighted by molar-refractivity contribution is 5.55. The molecule has 0 amide bonds. The third-order valence-corrected chi connectivity index (χ3v) is 2.24. The average molecular weight is 225 g/mol. The molecule has 0 aliphatic heterocycles. The SMILES string of the molecule is CCN(CC)c1cc([N+](=O)[O-])cc(NN)n1. The Kier molecular flexibility index (Phi) is 4.01. The number of hydrogen-bond donors (Lipinski definition) is 2. The standard InChI is InChI=1S/C9H15N5O2/c1-3-13(4-2)9-6-7(14(15)16)5-8(11-9)12-10/h5-6H,3-4,10H2,1-2H3,(H,11,12). The summed E-state index contributed by atoms with van der Waals surface area (Å²) in [6.45, 7) is 5.38. The molecule has 0 saturated carbocycles. The summed E-state index contributed by atoms with van der Waals surface area (Å²) in [5.41, 5.74) is 2.30. The van der Waals surface area contributed by atoms with Crippen molar-refractivity contribution >= 4 is 17.3 Å². The van der Waals surface area contributed by atoms with Crippen molar-refractivity contribution in [1.82, 2.24) is 4.98 Å². The van der Waals surface area contributed by atoms with E-state index in [-0.39, 0.29) is 11.5 Å². The van der Waals surface area contributed by atoms with Crippen molar-refractivity contribution in [2.75, 3.05) is 23.4 Å². The van der Waals surface area contributed by atoms with Gasteiger partial charge in [-0.05, 0) is 13.8 Å². The van der Waals surface area contributed by atoms with Gasteiger partial charge in [0.1, 0.15) is 11.6 Å². The van der Waals surface area contributed by atoms with E-state index in [1.165, 1.54) is 12.1 Å².